The van der Waals surface area contributed by atoms with E-state index in [0.29, 0.717) is 26.5 Å². The highest BCUT2D eigenvalue weighted by Gasteiger charge is 2.21. The number of para-hydroxylation sites is 1. The van der Waals surface area contributed by atoms with Crippen LogP contribution in [0.2, 0.25) is 0 Å². The van der Waals surface area contributed by atoms with Crippen molar-refractivity contribution in [1.29, 1.82) is 0 Å². The van der Waals surface area contributed by atoms with E-state index in [-0.39, 0.29) is 17.4 Å². The maximum absolute atomic E-state index is 12.8. The highest BCUT2D eigenvalue weighted by molar-refractivity contribution is 9.10. The van der Waals surface area contributed by atoms with Crippen LogP contribution in [0, 0.1) is 3.95 Å². The zero-order valence-corrected chi connectivity index (χ0v) is 22.2. The van der Waals surface area contributed by atoms with Crippen molar-refractivity contribution in [1.82, 2.24) is 19.3 Å². The number of primary amides is 1. The van der Waals surface area contributed by atoms with Crippen LogP contribution < -0.4 is 11.1 Å². The lowest BCUT2D eigenvalue weighted by Crippen LogP contribution is -2.21. The van der Waals surface area contributed by atoms with Crippen molar-refractivity contribution in [3.63, 3.8) is 0 Å². The maximum atomic E-state index is 12.8. The van der Waals surface area contributed by atoms with E-state index >= 15 is 0 Å². The first kappa shape index (κ1) is 25.0. The third kappa shape index (κ3) is 5.61. The molecule has 0 radical (unpaired) electrons. The number of halogens is 1. The largest absolute Gasteiger partial charge is 0.364 e. The first-order valence-electron chi connectivity index (χ1n) is 10.2. The smallest absolute Gasteiger partial charge is 0.268 e. The van der Waals surface area contributed by atoms with E-state index in [0.717, 1.165) is 27.1 Å². The van der Waals surface area contributed by atoms with Gasteiger partial charge in [-0.2, -0.15) is 0 Å². The Morgan fingerprint density at radius 3 is 2.54 bits per heavy atom. The highest BCUT2D eigenvalue weighted by Crippen LogP contribution is 2.30. The van der Waals surface area contributed by atoms with Crippen LogP contribution in [0.1, 0.15) is 10.5 Å². The molecule has 0 saturated carbocycles. The van der Waals surface area contributed by atoms with Gasteiger partial charge < -0.3 is 15.6 Å². The van der Waals surface area contributed by atoms with E-state index in [1.807, 2.05) is 59.2 Å². The summed E-state index contributed by atoms with van der Waals surface area (Å²) >= 11 is 11.1. The first-order chi connectivity index (χ1) is 16.9. The molecule has 0 unspecified atom stereocenters. The fourth-order valence-electron chi connectivity index (χ4n) is 3.28. The van der Waals surface area contributed by atoms with Gasteiger partial charge >= 0.3 is 0 Å². The van der Waals surface area contributed by atoms with E-state index < -0.39 is 5.91 Å². The minimum atomic E-state index is -0.676. The van der Waals surface area contributed by atoms with Crippen LogP contribution in [0.5, 0.6) is 0 Å². The summed E-state index contributed by atoms with van der Waals surface area (Å²) in [6.07, 6.45) is 1.61. The Kier molecular flexibility index (Phi) is 7.96. The highest BCUT2D eigenvalue weighted by atomic mass is 79.9. The van der Waals surface area contributed by atoms with Gasteiger partial charge in [-0.25, -0.2) is 0 Å². The van der Waals surface area contributed by atoms with Crippen molar-refractivity contribution in [2.45, 2.75) is 11.7 Å². The lowest BCUT2D eigenvalue weighted by Gasteiger charge is -2.10. The molecule has 0 aliphatic heterocycles. The normalized spacial score (nSPS) is 10.8. The molecule has 0 spiro atoms. The van der Waals surface area contributed by atoms with E-state index in [1.54, 1.807) is 10.6 Å². The van der Waals surface area contributed by atoms with Gasteiger partial charge in [-0.3, -0.25) is 14.2 Å². The van der Waals surface area contributed by atoms with Gasteiger partial charge in [0.15, 0.2) is 14.9 Å². The minimum Gasteiger partial charge on any atom is -0.364 e. The summed E-state index contributed by atoms with van der Waals surface area (Å²) in [5.74, 6) is -0.310. The Labute approximate surface area is 223 Å². The molecule has 8 nitrogen and oxygen atoms in total. The zero-order valence-electron chi connectivity index (χ0n) is 18.2. The molecule has 2 heterocycles. The molecule has 4 rings (SSSR count). The molecule has 3 N–H and O–H groups in total. The number of hydrogen-bond acceptors (Lipinski definition) is 7. The van der Waals surface area contributed by atoms with E-state index in [9.17, 15) is 9.59 Å². The lowest BCUT2D eigenvalue weighted by molar-refractivity contribution is -0.113. The summed E-state index contributed by atoms with van der Waals surface area (Å²) in [4.78, 5) is 24.8. The monoisotopic (exact) mass is 586 g/mol. The van der Waals surface area contributed by atoms with Crippen molar-refractivity contribution in [3.8, 4) is 17.1 Å². The van der Waals surface area contributed by atoms with Gasteiger partial charge in [0.05, 0.1) is 5.75 Å². The Morgan fingerprint density at radius 1 is 1.17 bits per heavy atom. The van der Waals surface area contributed by atoms with Crippen molar-refractivity contribution in [2.75, 3.05) is 11.1 Å². The van der Waals surface area contributed by atoms with Crippen LogP contribution in [0.15, 0.2) is 76.9 Å². The zero-order chi connectivity index (χ0) is 24.9. The number of nitrogens with two attached hydrogens (primary N) is 1. The second kappa shape index (κ2) is 11.1. The molecule has 4 aromatic rings. The number of anilines is 1. The van der Waals surface area contributed by atoms with E-state index in [4.69, 9.17) is 18.0 Å². The van der Waals surface area contributed by atoms with Crippen molar-refractivity contribution < 1.29 is 9.59 Å². The summed E-state index contributed by atoms with van der Waals surface area (Å²) in [6.45, 7) is 3.99. The summed E-state index contributed by atoms with van der Waals surface area (Å²) in [5.41, 5.74) is 7.45. The standard InChI is InChI=1S/C23H19BrN6O2S3/c1-2-12-29-18(19(25)32)21(35-23(29)33)26-17(31)13-34-22-28-27-20(14-8-10-15(24)11-9-14)30(22)16-6-4-3-5-7-16/h2-11H,1,12-13H2,(H2,25,32)(H,26,31). The van der Waals surface area contributed by atoms with Gasteiger partial charge in [0.25, 0.3) is 5.91 Å². The second-order valence-corrected chi connectivity index (χ2v) is 10.6. The summed E-state index contributed by atoms with van der Waals surface area (Å²) in [7, 11) is 0. The number of rotatable bonds is 9. The Balaban J connectivity index is 1.59. The van der Waals surface area contributed by atoms with Crippen LogP contribution in [0.4, 0.5) is 5.00 Å². The molecule has 2 aromatic carbocycles. The first-order valence-corrected chi connectivity index (χ1v) is 13.2. The van der Waals surface area contributed by atoms with E-state index in [1.165, 1.54) is 11.8 Å². The molecule has 0 fully saturated rings. The number of nitrogens with zero attached hydrogens (tertiary/aromatic N) is 4. The number of amides is 2. The number of carbonyl (C=O) groups is 2. The predicted octanol–water partition coefficient (Wildman–Crippen LogP) is 5.30. The molecular weight excluding hydrogens is 568 g/mol. The molecule has 0 bridgehead atoms. The van der Waals surface area contributed by atoms with Gasteiger partial charge in [-0.1, -0.05) is 75.4 Å². The van der Waals surface area contributed by atoms with Gasteiger partial charge in [-0.15, -0.1) is 16.8 Å². The number of carbonyl (C=O) groups excluding carboxylic acids is 2. The number of thioether (sulfide) groups is 1. The third-order valence-electron chi connectivity index (χ3n) is 4.78. The van der Waals surface area contributed by atoms with Crippen LogP contribution in [-0.2, 0) is 11.3 Å². The van der Waals surface area contributed by atoms with Crippen LogP contribution >= 0.6 is 51.2 Å². The molecule has 0 saturated heterocycles. The van der Waals surface area contributed by atoms with Crippen molar-refractivity contribution in [3.05, 3.63) is 81.4 Å². The average Bonchev–Trinajstić information content (AvgIpc) is 3.40. The molecule has 0 aliphatic rings. The number of aromatic nitrogens is 4. The number of thiazole rings is 1. The average molecular weight is 588 g/mol. The molecular formula is C23H19BrN6O2S3. The predicted molar refractivity (Wildman–Crippen MR) is 146 cm³/mol. The number of nitrogens with one attached hydrogen (secondary N) is 1. The minimum absolute atomic E-state index is 0.0373. The lowest BCUT2D eigenvalue weighted by atomic mass is 10.2. The molecule has 12 heteroatoms. The molecule has 0 atom stereocenters. The van der Waals surface area contributed by atoms with Gasteiger partial charge in [0, 0.05) is 22.3 Å². The summed E-state index contributed by atoms with van der Waals surface area (Å²) in [6, 6.07) is 17.4. The quantitative estimate of drug-likeness (QED) is 0.156. The fourth-order valence-corrected chi connectivity index (χ4v) is 5.64. The molecule has 2 aromatic heterocycles. The number of hydrogen-bond donors (Lipinski definition) is 2. The topological polar surface area (TPSA) is 108 Å². The fraction of sp³-hybridized carbons (Fsp3) is 0.0870. The van der Waals surface area contributed by atoms with Crippen LogP contribution in [-0.4, -0.2) is 36.9 Å². The van der Waals surface area contributed by atoms with Crippen LogP contribution in [0.25, 0.3) is 17.1 Å². The summed E-state index contributed by atoms with van der Waals surface area (Å²) < 4.78 is 4.83. The molecule has 2 amide bonds. The van der Waals surface area contributed by atoms with Crippen molar-refractivity contribution in [2.24, 2.45) is 5.73 Å². The van der Waals surface area contributed by atoms with Gasteiger partial charge in [-0.05, 0) is 36.5 Å². The second-order valence-electron chi connectivity index (χ2n) is 7.13. The SMILES string of the molecule is C=CCn1c(C(N)=O)c(NC(=O)CSc2nnc(-c3ccc(Br)cc3)n2-c2ccccc2)sc1=S. The van der Waals surface area contributed by atoms with Gasteiger partial charge in [0.1, 0.15) is 10.7 Å². The Bertz CT molecular complexity index is 1440. The molecule has 178 valence electrons. The van der Waals surface area contributed by atoms with Crippen molar-refractivity contribution >= 4 is 68.1 Å². The third-order valence-corrected chi connectivity index (χ3v) is 7.60. The maximum Gasteiger partial charge on any atom is 0.268 e. The van der Waals surface area contributed by atoms with Gasteiger partial charge in [0.2, 0.25) is 5.91 Å². The Morgan fingerprint density at radius 2 is 1.89 bits per heavy atom. The van der Waals surface area contributed by atoms with E-state index in [2.05, 4.69) is 38.0 Å². The molecule has 35 heavy (non-hydrogen) atoms. The molecule has 0 aliphatic carbocycles. The number of benzene rings is 2. The number of allylic oxidation sites excluding steroid dienone is 1. The van der Waals surface area contributed by atoms with Crippen LogP contribution in [0.3, 0.4) is 0 Å². The summed E-state index contributed by atoms with van der Waals surface area (Å²) in [5, 5.41) is 12.4. The Hall–Kier alpha value is -3.06.